The molecule has 0 aromatic carbocycles. The molecule has 3 aromatic heterocycles. The highest BCUT2D eigenvalue weighted by Crippen LogP contribution is 2.17. The van der Waals surface area contributed by atoms with Gasteiger partial charge >= 0.3 is 0 Å². The molecule has 6 nitrogen and oxygen atoms in total. The van der Waals surface area contributed by atoms with Crippen molar-refractivity contribution >= 4 is 5.91 Å². The largest absolute Gasteiger partial charge is 0.467 e. The molecular weight excluding hydrogens is 258 g/mol. The van der Waals surface area contributed by atoms with Gasteiger partial charge in [-0.25, -0.2) is 0 Å². The van der Waals surface area contributed by atoms with Gasteiger partial charge < -0.3 is 14.2 Å². The van der Waals surface area contributed by atoms with Crippen LogP contribution in [0.2, 0.25) is 0 Å². The van der Waals surface area contributed by atoms with Crippen molar-refractivity contribution in [3.8, 4) is 0 Å². The Morgan fingerprint density at radius 2 is 2.10 bits per heavy atom. The van der Waals surface area contributed by atoms with E-state index in [-0.39, 0.29) is 17.7 Å². The minimum atomic E-state index is -0.265. The van der Waals surface area contributed by atoms with Gasteiger partial charge in [0.05, 0.1) is 12.5 Å². The van der Waals surface area contributed by atoms with Crippen LogP contribution in [-0.2, 0) is 0 Å². The van der Waals surface area contributed by atoms with Gasteiger partial charge in [-0.3, -0.25) is 9.48 Å². The van der Waals surface area contributed by atoms with Crippen LogP contribution in [0.1, 0.15) is 22.4 Å². The van der Waals surface area contributed by atoms with Gasteiger partial charge in [-0.05, 0) is 30.3 Å². The van der Waals surface area contributed by atoms with Gasteiger partial charge in [-0.15, -0.1) is 0 Å². The van der Waals surface area contributed by atoms with Crippen LogP contribution in [0.4, 0.5) is 0 Å². The van der Waals surface area contributed by atoms with E-state index in [2.05, 4.69) is 10.4 Å². The van der Waals surface area contributed by atoms with Crippen molar-refractivity contribution in [3.63, 3.8) is 0 Å². The van der Waals surface area contributed by atoms with E-state index in [1.165, 1.54) is 6.26 Å². The first-order valence-electron chi connectivity index (χ1n) is 6.19. The van der Waals surface area contributed by atoms with Crippen LogP contribution in [0.3, 0.4) is 0 Å². The lowest BCUT2D eigenvalue weighted by Gasteiger charge is -2.15. The molecule has 6 heteroatoms. The third-order valence-electron chi connectivity index (χ3n) is 2.92. The van der Waals surface area contributed by atoms with Gasteiger partial charge in [0.2, 0.25) is 0 Å². The van der Waals surface area contributed by atoms with Crippen LogP contribution in [0.25, 0.3) is 0 Å². The number of amides is 1. The summed E-state index contributed by atoms with van der Waals surface area (Å²) < 4.78 is 12.2. The molecule has 0 unspecified atom stereocenters. The van der Waals surface area contributed by atoms with Crippen molar-refractivity contribution in [3.05, 3.63) is 66.8 Å². The fraction of sp³-hybridized carbons (Fsp3) is 0.143. The molecule has 0 bridgehead atoms. The third-order valence-corrected chi connectivity index (χ3v) is 2.92. The summed E-state index contributed by atoms with van der Waals surface area (Å²) in [5.41, 5.74) is 0. The number of aromatic nitrogens is 2. The smallest absolute Gasteiger partial charge is 0.287 e. The highest BCUT2D eigenvalue weighted by molar-refractivity contribution is 5.91. The second-order valence-electron chi connectivity index (χ2n) is 4.20. The Morgan fingerprint density at radius 3 is 2.75 bits per heavy atom. The average molecular weight is 271 g/mol. The van der Waals surface area contributed by atoms with E-state index in [1.54, 1.807) is 35.3 Å². The molecule has 1 N–H and O–H groups in total. The van der Waals surface area contributed by atoms with Crippen molar-refractivity contribution in [1.29, 1.82) is 0 Å². The van der Waals surface area contributed by atoms with Gasteiger partial charge in [0.1, 0.15) is 11.8 Å². The van der Waals surface area contributed by atoms with Crippen LogP contribution >= 0.6 is 0 Å². The SMILES string of the molecule is O=C(NC[C@H](c1ccco1)n1cccn1)c1ccco1. The number of hydrogen-bond donors (Lipinski definition) is 1. The molecule has 102 valence electrons. The minimum absolute atomic E-state index is 0.195. The lowest BCUT2D eigenvalue weighted by molar-refractivity contribution is 0.0920. The third kappa shape index (κ3) is 2.49. The first kappa shape index (κ1) is 12.3. The normalized spacial score (nSPS) is 12.2. The number of hydrogen-bond acceptors (Lipinski definition) is 4. The second-order valence-corrected chi connectivity index (χ2v) is 4.20. The molecule has 1 amide bonds. The number of rotatable bonds is 5. The predicted octanol–water partition coefficient (Wildman–Crippen LogP) is 2.09. The Labute approximate surface area is 115 Å². The van der Waals surface area contributed by atoms with E-state index < -0.39 is 0 Å². The van der Waals surface area contributed by atoms with Crippen molar-refractivity contribution < 1.29 is 13.6 Å². The van der Waals surface area contributed by atoms with Crippen LogP contribution in [0.5, 0.6) is 0 Å². The topological polar surface area (TPSA) is 73.2 Å². The van der Waals surface area contributed by atoms with Gasteiger partial charge in [-0.2, -0.15) is 5.10 Å². The molecule has 3 rings (SSSR count). The summed E-state index contributed by atoms with van der Waals surface area (Å²) in [4.78, 5) is 11.9. The molecule has 0 saturated carbocycles. The Kier molecular flexibility index (Phi) is 3.36. The monoisotopic (exact) mass is 271 g/mol. The Hall–Kier alpha value is -2.76. The van der Waals surface area contributed by atoms with Crippen molar-refractivity contribution in [2.75, 3.05) is 6.54 Å². The Morgan fingerprint density at radius 1 is 1.25 bits per heavy atom. The number of nitrogens with one attached hydrogen (secondary N) is 1. The van der Waals surface area contributed by atoms with Crippen LogP contribution in [0, 0.1) is 0 Å². The molecule has 0 spiro atoms. The summed E-state index contributed by atoms with van der Waals surface area (Å²) in [6, 6.07) is 8.58. The van der Waals surface area contributed by atoms with Gasteiger partial charge in [-0.1, -0.05) is 0 Å². The zero-order valence-electron chi connectivity index (χ0n) is 10.6. The van der Waals surface area contributed by atoms with Gasteiger partial charge in [0.25, 0.3) is 5.91 Å². The summed E-state index contributed by atoms with van der Waals surface area (Å²) in [5, 5.41) is 7.00. The van der Waals surface area contributed by atoms with Crippen molar-refractivity contribution in [2.45, 2.75) is 6.04 Å². The summed E-state index contributed by atoms with van der Waals surface area (Å²) in [5.74, 6) is 0.746. The molecular formula is C14H13N3O3. The molecule has 0 aliphatic rings. The number of carbonyl (C=O) groups excluding carboxylic acids is 1. The molecule has 0 aliphatic carbocycles. The molecule has 0 fully saturated rings. The van der Waals surface area contributed by atoms with Crippen LogP contribution in [-0.4, -0.2) is 22.2 Å². The maximum absolute atomic E-state index is 11.9. The van der Waals surface area contributed by atoms with E-state index in [0.717, 1.165) is 5.76 Å². The zero-order valence-corrected chi connectivity index (χ0v) is 10.6. The van der Waals surface area contributed by atoms with E-state index in [4.69, 9.17) is 8.83 Å². The highest BCUT2D eigenvalue weighted by atomic mass is 16.3. The standard InChI is InChI=1S/C14H13N3O3/c18-14(13-5-2-9-20-13)15-10-11(12-4-1-8-19-12)17-7-3-6-16-17/h1-9,11H,10H2,(H,15,18)/t11-/m1/s1. The summed E-state index contributed by atoms with van der Waals surface area (Å²) in [7, 11) is 0. The minimum Gasteiger partial charge on any atom is -0.467 e. The van der Waals surface area contributed by atoms with Gasteiger partial charge in [0.15, 0.2) is 5.76 Å². The van der Waals surface area contributed by atoms with Crippen LogP contribution < -0.4 is 5.32 Å². The number of carbonyl (C=O) groups is 1. The van der Waals surface area contributed by atoms with Gasteiger partial charge in [0, 0.05) is 18.9 Å². The fourth-order valence-electron chi connectivity index (χ4n) is 1.95. The molecule has 0 saturated heterocycles. The molecule has 3 aromatic rings. The average Bonchev–Trinajstić information content (AvgIpc) is 3.22. The molecule has 0 aliphatic heterocycles. The zero-order chi connectivity index (χ0) is 13.8. The van der Waals surface area contributed by atoms with E-state index in [1.807, 2.05) is 18.3 Å². The lowest BCUT2D eigenvalue weighted by Crippen LogP contribution is -2.31. The number of nitrogens with zero attached hydrogens (tertiary/aromatic N) is 2. The summed E-state index contributed by atoms with van der Waals surface area (Å²) in [6.45, 7) is 0.356. The molecule has 20 heavy (non-hydrogen) atoms. The van der Waals surface area contributed by atoms with Crippen molar-refractivity contribution in [2.24, 2.45) is 0 Å². The first-order valence-corrected chi connectivity index (χ1v) is 6.19. The molecule has 3 heterocycles. The van der Waals surface area contributed by atoms with Crippen molar-refractivity contribution in [1.82, 2.24) is 15.1 Å². The quantitative estimate of drug-likeness (QED) is 0.771. The second kappa shape index (κ2) is 5.48. The summed E-state index contributed by atoms with van der Waals surface area (Å²) >= 11 is 0. The maximum Gasteiger partial charge on any atom is 0.287 e. The molecule has 1 atom stereocenters. The number of furan rings is 2. The lowest BCUT2D eigenvalue weighted by atomic mass is 10.2. The Bertz CT molecular complexity index is 608. The Balaban J connectivity index is 1.73. The van der Waals surface area contributed by atoms with E-state index in [9.17, 15) is 4.79 Å². The first-order chi connectivity index (χ1) is 9.84. The fourth-order valence-corrected chi connectivity index (χ4v) is 1.95. The van der Waals surface area contributed by atoms with E-state index >= 15 is 0 Å². The van der Waals surface area contributed by atoms with E-state index in [0.29, 0.717) is 6.54 Å². The summed E-state index contributed by atoms with van der Waals surface area (Å²) in [6.07, 6.45) is 6.57. The predicted molar refractivity (Wildman–Crippen MR) is 70.1 cm³/mol. The highest BCUT2D eigenvalue weighted by Gasteiger charge is 2.19. The van der Waals surface area contributed by atoms with Crippen LogP contribution in [0.15, 0.2) is 64.1 Å². The maximum atomic E-state index is 11.9. The molecule has 0 radical (unpaired) electrons.